The molecule has 16 heavy (non-hydrogen) atoms. The van der Waals surface area contributed by atoms with Gasteiger partial charge in [0.05, 0.1) is 6.54 Å². The first-order valence-corrected chi connectivity index (χ1v) is 6.60. The van der Waals surface area contributed by atoms with Crippen molar-refractivity contribution in [2.24, 2.45) is 0 Å². The molecule has 0 aliphatic heterocycles. The van der Waals surface area contributed by atoms with E-state index in [0.29, 0.717) is 6.54 Å². The molecule has 0 aromatic heterocycles. The molecule has 0 radical (unpaired) electrons. The van der Waals surface area contributed by atoms with E-state index in [-0.39, 0.29) is 12.5 Å². The molecule has 0 aliphatic carbocycles. The fourth-order valence-corrected chi connectivity index (χ4v) is 1.68. The Morgan fingerprint density at radius 2 is 2.00 bits per heavy atom. The van der Waals surface area contributed by atoms with Gasteiger partial charge in [0.15, 0.2) is 6.66 Å². The van der Waals surface area contributed by atoms with Gasteiger partial charge in [0.1, 0.15) is 6.61 Å². The first kappa shape index (κ1) is 12.8. The third-order valence-corrected chi connectivity index (χ3v) is 2.58. The molecule has 0 heterocycles. The lowest BCUT2D eigenvalue weighted by molar-refractivity contribution is -0.116. The molecule has 1 atom stereocenters. The summed E-state index contributed by atoms with van der Waals surface area (Å²) >= 11 is 0. The van der Waals surface area contributed by atoms with Crippen LogP contribution in [0.5, 0.6) is 0 Å². The fraction of sp³-hybridized carbons (Fsp3) is 0.364. The van der Waals surface area contributed by atoms with Crippen LogP contribution in [-0.2, 0) is 13.9 Å². The van der Waals surface area contributed by atoms with E-state index in [1.807, 2.05) is 30.3 Å². The minimum atomic E-state index is -1.61. The fourth-order valence-electron chi connectivity index (χ4n) is 1.34. The number of nitrogens with zero attached hydrogens (tertiary/aromatic N) is 1. The number of hydrogen-bond donors (Lipinski definition) is 0. The van der Waals surface area contributed by atoms with E-state index in [1.165, 1.54) is 13.6 Å². The molecule has 1 aromatic carbocycles. The Morgan fingerprint density at radius 1 is 1.38 bits per heavy atom. The van der Waals surface area contributed by atoms with Crippen molar-refractivity contribution < 1.29 is 13.9 Å². The van der Waals surface area contributed by atoms with Crippen LogP contribution in [0.3, 0.4) is 0 Å². The second-order valence-electron chi connectivity index (χ2n) is 3.28. The molecule has 0 N–H and O–H groups in total. The van der Waals surface area contributed by atoms with Crippen molar-refractivity contribution in [1.29, 1.82) is 0 Å². The highest BCUT2D eigenvalue weighted by atomic mass is 31.1. The summed E-state index contributed by atoms with van der Waals surface area (Å²) in [6.45, 7) is 3.68. The van der Waals surface area contributed by atoms with Crippen LogP contribution in [0.15, 0.2) is 30.3 Å². The first-order valence-electron chi connectivity index (χ1n) is 4.98. The van der Waals surface area contributed by atoms with Crippen molar-refractivity contribution >= 4 is 19.6 Å². The highest BCUT2D eigenvalue weighted by molar-refractivity contribution is 7.38. The topological polar surface area (TPSA) is 46.6 Å². The molecule has 1 amide bonds. The number of rotatable bonds is 5. The van der Waals surface area contributed by atoms with E-state index in [9.17, 15) is 9.36 Å². The Morgan fingerprint density at radius 3 is 2.50 bits per heavy atom. The van der Waals surface area contributed by atoms with Gasteiger partial charge in [-0.1, -0.05) is 18.2 Å². The van der Waals surface area contributed by atoms with Crippen molar-refractivity contribution in [3.05, 3.63) is 30.3 Å². The van der Waals surface area contributed by atoms with E-state index >= 15 is 0 Å². The van der Waals surface area contributed by atoms with Crippen LogP contribution in [0.4, 0.5) is 5.69 Å². The molecule has 1 aromatic rings. The highest BCUT2D eigenvalue weighted by Crippen LogP contribution is 2.17. The molecular weight excluding hydrogens is 225 g/mol. The summed E-state index contributed by atoms with van der Waals surface area (Å²) in [5, 5.41) is 0. The van der Waals surface area contributed by atoms with Crippen LogP contribution in [0, 0.1) is 0 Å². The van der Waals surface area contributed by atoms with Crippen LogP contribution in [-0.4, -0.2) is 25.7 Å². The molecule has 0 bridgehead atoms. The van der Waals surface area contributed by atoms with E-state index < -0.39 is 8.03 Å². The van der Waals surface area contributed by atoms with Crippen molar-refractivity contribution in [1.82, 2.24) is 0 Å². The Bertz CT molecular complexity index is 367. The maximum absolute atomic E-state index is 11.4. The quantitative estimate of drug-likeness (QED) is 0.742. The van der Waals surface area contributed by atoms with E-state index in [4.69, 9.17) is 4.52 Å². The Kier molecular flexibility index (Phi) is 5.09. The summed E-state index contributed by atoms with van der Waals surface area (Å²) in [5.41, 5.74) is 0.824. The van der Waals surface area contributed by atoms with Gasteiger partial charge in [-0.2, -0.15) is 0 Å². The van der Waals surface area contributed by atoms with Gasteiger partial charge in [0.25, 0.3) is 0 Å². The lowest BCUT2D eigenvalue weighted by Gasteiger charge is -2.19. The normalized spacial score (nSPS) is 11.0. The van der Waals surface area contributed by atoms with Crippen molar-refractivity contribution in [3.8, 4) is 0 Å². The van der Waals surface area contributed by atoms with Crippen molar-refractivity contribution in [2.45, 2.75) is 6.92 Å². The monoisotopic (exact) mass is 240 g/mol. The number of hydrogen-bond acceptors (Lipinski definition) is 3. The lowest BCUT2D eigenvalue weighted by Crippen LogP contribution is -2.31. The van der Waals surface area contributed by atoms with Crippen LogP contribution in [0.1, 0.15) is 6.92 Å². The van der Waals surface area contributed by atoms with E-state index in [0.717, 1.165) is 5.69 Å². The Labute approximate surface area is 96.1 Å². The first-order chi connectivity index (χ1) is 7.61. The average Bonchev–Trinajstić information content (AvgIpc) is 2.25. The minimum Gasteiger partial charge on any atom is -0.310 e. The third-order valence-electron chi connectivity index (χ3n) is 2.04. The Balaban J connectivity index is 2.62. The van der Waals surface area contributed by atoms with Crippen LogP contribution >= 0.6 is 8.03 Å². The second kappa shape index (κ2) is 6.36. The van der Waals surface area contributed by atoms with Gasteiger partial charge >= 0.3 is 8.03 Å². The zero-order chi connectivity index (χ0) is 12.0. The SMILES string of the molecule is CC(=O)N(CCO[P+](C)=O)c1ccccc1. The molecule has 0 spiro atoms. The molecule has 86 valence electrons. The van der Waals surface area contributed by atoms with Gasteiger partial charge in [0, 0.05) is 12.6 Å². The van der Waals surface area contributed by atoms with Gasteiger partial charge in [-0.05, 0) is 16.7 Å². The minimum absolute atomic E-state index is 0.0545. The van der Waals surface area contributed by atoms with Gasteiger partial charge in [-0.15, -0.1) is 4.52 Å². The molecule has 0 fully saturated rings. The predicted molar refractivity (Wildman–Crippen MR) is 64.0 cm³/mol. The number of carbonyl (C=O) groups is 1. The summed E-state index contributed by atoms with van der Waals surface area (Å²) in [5.74, 6) is -0.0545. The smallest absolute Gasteiger partial charge is 0.310 e. The maximum Gasteiger partial charge on any atom is 0.504 e. The van der Waals surface area contributed by atoms with Crippen molar-refractivity contribution in [3.63, 3.8) is 0 Å². The standard InChI is InChI=1S/C11H15NO3P/c1-10(13)12(8-9-15-16(2)14)11-6-4-3-5-7-11/h3-7H,8-9H2,1-2H3/q+1. The van der Waals surface area contributed by atoms with Gasteiger partial charge in [-0.3, -0.25) is 4.79 Å². The number of carbonyl (C=O) groups excluding carboxylic acids is 1. The van der Waals surface area contributed by atoms with Crippen molar-refractivity contribution in [2.75, 3.05) is 24.7 Å². The zero-order valence-corrected chi connectivity index (χ0v) is 10.3. The largest absolute Gasteiger partial charge is 0.504 e. The number of para-hydroxylation sites is 1. The summed E-state index contributed by atoms with van der Waals surface area (Å²) in [4.78, 5) is 13.0. The molecule has 1 rings (SSSR count). The zero-order valence-electron chi connectivity index (χ0n) is 9.42. The predicted octanol–water partition coefficient (Wildman–Crippen LogP) is 2.43. The Hall–Kier alpha value is -1.25. The third kappa shape index (κ3) is 4.09. The summed E-state index contributed by atoms with van der Waals surface area (Å²) in [7, 11) is -1.61. The van der Waals surface area contributed by atoms with Gasteiger partial charge in [-0.25, -0.2) is 0 Å². The maximum atomic E-state index is 11.4. The van der Waals surface area contributed by atoms with Gasteiger partial charge in [0.2, 0.25) is 5.91 Å². The van der Waals surface area contributed by atoms with Crippen LogP contribution in [0.2, 0.25) is 0 Å². The molecule has 5 heteroatoms. The molecule has 1 unspecified atom stereocenters. The molecular formula is C11H15NO3P+. The molecule has 4 nitrogen and oxygen atoms in total. The van der Waals surface area contributed by atoms with Crippen LogP contribution < -0.4 is 4.90 Å². The number of benzene rings is 1. The molecule has 0 saturated heterocycles. The summed E-state index contributed by atoms with van der Waals surface area (Å²) in [6.07, 6.45) is 0. The van der Waals surface area contributed by atoms with E-state index in [2.05, 4.69) is 0 Å². The number of amides is 1. The summed E-state index contributed by atoms with van der Waals surface area (Å²) in [6, 6.07) is 9.33. The molecule has 0 aliphatic rings. The average molecular weight is 240 g/mol. The second-order valence-corrected chi connectivity index (χ2v) is 4.42. The lowest BCUT2D eigenvalue weighted by atomic mass is 10.3. The van der Waals surface area contributed by atoms with Crippen LogP contribution in [0.25, 0.3) is 0 Å². The van der Waals surface area contributed by atoms with E-state index in [1.54, 1.807) is 4.90 Å². The van der Waals surface area contributed by atoms with Gasteiger partial charge < -0.3 is 4.90 Å². The summed E-state index contributed by atoms with van der Waals surface area (Å²) < 4.78 is 15.7. The molecule has 0 saturated carbocycles. The highest BCUT2D eigenvalue weighted by Gasteiger charge is 2.13. The number of anilines is 1.